The first-order valence-electron chi connectivity index (χ1n) is 13.4. The molecule has 0 saturated heterocycles. The lowest BCUT2D eigenvalue weighted by molar-refractivity contribution is 0.299. The van der Waals surface area contributed by atoms with Crippen LogP contribution in [0.5, 0.6) is 5.75 Å². The Balaban J connectivity index is 0.000000162. The monoisotopic (exact) mass is 687 g/mol. The SMILES string of the molecule is Cn1cc(-c2cnc3ccc(Cl)nc3c2)c(CBr)n1.Cn1cc(-c2cnc3ccc(Cl)nc3c2)c(COc2cccnc2)n1. The molecule has 0 atom stereocenters. The summed E-state index contributed by atoms with van der Waals surface area (Å²) in [6.07, 6.45) is 10.9. The Labute approximate surface area is 270 Å². The van der Waals surface area contributed by atoms with E-state index in [1.165, 1.54) is 0 Å². The summed E-state index contributed by atoms with van der Waals surface area (Å²) in [4.78, 5) is 21.5. The van der Waals surface area contributed by atoms with E-state index in [2.05, 4.69) is 51.0 Å². The number of halogens is 3. The van der Waals surface area contributed by atoms with Crippen LogP contribution in [0.1, 0.15) is 11.4 Å². The molecule has 7 aromatic rings. The second kappa shape index (κ2) is 13.0. The molecule has 7 rings (SSSR count). The average Bonchev–Trinajstić information content (AvgIpc) is 3.61. The Kier molecular flexibility index (Phi) is 8.78. The predicted molar refractivity (Wildman–Crippen MR) is 175 cm³/mol. The maximum absolute atomic E-state index is 5.99. The number of ether oxygens (including phenoxy) is 1. The van der Waals surface area contributed by atoms with Crippen LogP contribution in [-0.2, 0) is 26.0 Å². The molecule has 0 N–H and O–H groups in total. The van der Waals surface area contributed by atoms with Crippen LogP contribution in [0, 0.1) is 0 Å². The molecule has 0 aliphatic heterocycles. The number of aryl methyl sites for hydroxylation is 2. The number of hydrogen-bond acceptors (Lipinski definition) is 8. The first-order valence-corrected chi connectivity index (χ1v) is 15.2. The highest BCUT2D eigenvalue weighted by molar-refractivity contribution is 9.08. The molecule has 0 fully saturated rings. The lowest BCUT2D eigenvalue weighted by Crippen LogP contribution is -1.99. The summed E-state index contributed by atoms with van der Waals surface area (Å²) in [6.45, 7) is 0.336. The highest BCUT2D eigenvalue weighted by atomic mass is 79.9. The van der Waals surface area contributed by atoms with Crippen molar-refractivity contribution >= 4 is 61.2 Å². The first-order chi connectivity index (χ1) is 21.4. The van der Waals surface area contributed by atoms with Crippen LogP contribution >= 0.6 is 39.1 Å². The van der Waals surface area contributed by atoms with Crippen molar-refractivity contribution in [2.75, 3.05) is 0 Å². The minimum Gasteiger partial charge on any atom is -0.486 e. The topological polar surface area (TPSA) is 109 Å². The number of aromatic nitrogens is 9. The molecule has 0 aliphatic rings. The maximum Gasteiger partial charge on any atom is 0.138 e. The smallest absolute Gasteiger partial charge is 0.138 e. The molecule has 0 spiro atoms. The fourth-order valence-corrected chi connectivity index (χ4v) is 5.32. The quantitative estimate of drug-likeness (QED) is 0.133. The zero-order valence-electron chi connectivity index (χ0n) is 23.6. The molecule has 0 bridgehead atoms. The van der Waals surface area contributed by atoms with E-state index in [0.29, 0.717) is 28.0 Å². The molecule has 0 aromatic carbocycles. The number of alkyl halides is 1. The fraction of sp³-hybridized carbons (Fsp3) is 0.129. The van der Waals surface area contributed by atoms with Crippen LogP contribution < -0.4 is 4.74 Å². The van der Waals surface area contributed by atoms with Crippen molar-refractivity contribution in [2.24, 2.45) is 14.1 Å². The molecular formula is C31H24BrCl2N9O. The Hall–Kier alpha value is -4.45. The minimum atomic E-state index is 0.336. The molecule has 44 heavy (non-hydrogen) atoms. The van der Waals surface area contributed by atoms with Crippen molar-refractivity contribution < 1.29 is 4.74 Å². The van der Waals surface area contributed by atoms with Gasteiger partial charge in [-0.05, 0) is 48.5 Å². The van der Waals surface area contributed by atoms with E-state index in [1.54, 1.807) is 33.9 Å². The van der Waals surface area contributed by atoms with Gasteiger partial charge in [0.2, 0.25) is 0 Å². The molecule has 220 valence electrons. The lowest BCUT2D eigenvalue weighted by atomic mass is 10.1. The normalized spacial score (nSPS) is 11.0. The zero-order chi connectivity index (χ0) is 30.6. The van der Waals surface area contributed by atoms with Crippen molar-refractivity contribution in [3.05, 3.63) is 107 Å². The lowest BCUT2D eigenvalue weighted by Gasteiger charge is -2.06. The Morgan fingerprint density at radius 2 is 1.30 bits per heavy atom. The summed E-state index contributed by atoms with van der Waals surface area (Å²) in [5.74, 6) is 0.698. The van der Waals surface area contributed by atoms with Crippen LogP contribution in [0.25, 0.3) is 44.3 Å². The van der Waals surface area contributed by atoms with Crippen LogP contribution in [0.2, 0.25) is 10.3 Å². The van der Waals surface area contributed by atoms with Gasteiger partial charge >= 0.3 is 0 Å². The van der Waals surface area contributed by atoms with Gasteiger partial charge in [-0.2, -0.15) is 10.2 Å². The van der Waals surface area contributed by atoms with Crippen molar-refractivity contribution in [1.29, 1.82) is 0 Å². The fourth-order valence-electron chi connectivity index (χ4n) is 4.60. The number of rotatable bonds is 6. The van der Waals surface area contributed by atoms with Gasteiger partial charge in [-0.15, -0.1) is 0 Å². The summed E-state index contributed by atoms with van der Waals surface area (Å²) in [7, 11) is 3.78. The van der Waals surface area contributed by atoms with E-state index in [1.807, 2.05) is 75.3 Å². The van der Waals surface area contributed by atoms with E-state index >= 15 is 0 Å². The number of nitrogens with zero attached hydrogens (tertiary/aromatic N) is 9. The van der Waals surface area contributed by atoms with Crippen LogP contribution in [0.4, 0.5) is 0 Å². The Bertz CT molecular complexity index is 2080. The zero-order valence-corrected chi connectivity index (χ0v) is 26.7. The molecule has 0 unspecified atom stereocenters. The van der Waals surface area contributed by atoms with Crippen LogP contribution in [-0.4, -0.2) is 44.5 Å². The first kappa shape index (κ1) is 29.6. The molecule has 0 saturated carbocycles. The Morgan fingerprint density at radius 3 is 1.84 bits per heavy atom. The van der Waals surface area contributed by atoms with Gasteiger partial charge in [0.25, 0.3) is 0 Å². The minimum absolute atomic E-state index is 0.336. The van der Waals surface area contributed by atoms with Gasteiger partial charge in [0.1, 0.15) is 28.4 Å². The molecule has 0 amide bonds. The summed E-state index contributed by atoms with van der Waals surface area (Å²) >= 11 is 15.4. The molecular weight excluding hydrogens is 665 g/mol. The average molecular weight is 689 g/mol. The van der Waals surface area contributed by atoms with E-state index in [4.69, 9.17) is 27.9 Å². The summed E-state index contributed by atoms with van der Waals surface area (Å²) in [5, 5.41) is 10.5. The molecule has 13 heteroatoms. The molecule has 7 aromatic heterocycles. The second-order valence-corrected chi connectivity index (χ2v) is 11.1. The number of hydrogen-bond donors (Lipinski definition) is 0. The third-order valence-electron chi connectivity index (χ3n) is 6.58. The summed E-state index contributed by atoms with van der Waals surface area (Å²) < 4.78 is 9.33. The number of fused-ring (bicyclic) bond motifs is 2. The van der Waals surface area contributed by atoms with Gasteiger partial charge in [-0.25, -0.2) is 9.97 Å². The highest BCUT2D eigenvalue weighted by Gasteiger charge is 2.13. The van der Waals surface area contributed by atoms with Gasteiger partial charge in [0, 0.05) is 72.7 Å². The van der Waals surface area contributed by atoms with Gasteiger partial charge in [-0.1, -0.05) is 39.1 Å². The summed E-state index contributed by atoms with van der Waals surface area (Å²) in [6, 6.07) is 14.8. The van der Waals surface area contributed by atoms with Crippen LogP contribution in [0.3, 0.4) is 0 Å². The third kappa shape index (κ3) is 6.70. The van der Waals surface area contributed by atoms with E-state index in [0.717, 1.165) is 55.7 Å². The van der Waals surface area contributed by atoms with Crippen molar-refractivity contribution in [2.45, 2.75) is 11.9 Å². The third-order valence-corrected chi connectivity index (χ3v) is 7.53. The van der Waals surface area contributed by atoms with Crippen LogP contribution in [0.15, 0.2) is 85.7 Å². The van der Waals surface area contributed by atoms with E-state index in [-0.39, 0.29) is 0 Å². The second-order valence-electron chi connectivity index (χ2n) is 9.73. The summed E-state index contributed by atoms with van der Waals surface area (Å²) in [5.41, 5.74) is 8.85. The molecule has 0 radical (unpaired) electrons. The van der Waals surface area contributed by atoms with Gasteiger partial charge in [0.05, 0.1) is 34.0 Å². The van der Waals surface area contributed by atoms with Crippen molar-refractivity contribution in [1.82, 2.24) is 44.5 Å². The molecule has 10 nitrogen and oxygen atoms in total. The van der Waals surface area contributed by atoms with Crippen molar-refractivity contribution in [3.8, 4) is 28.0 Å². The largest absolute Gasteiger partial charge is 0.486 e. The standard InChI is InChI=1S/C18H14ClN5O.C13H10BrClN4/c1-24-10-14(17(23-24)11-25-13-3-2-6-20-9-13)12-7-16-15(21-8-12)4-5-18(19)22-16;1-19-7-9(12(5-14)18-19)8-4-11-10(16-6-8)2-3-13(15)17-11/h2-10H,11H2,1H3;2-4,6-7H,5H2,1H3. The van der Waals surface area contributed by atoms with Gasteiger partial charge in [0.15, 0.2) is 0 Å². The highest BCUT2D eigenvalue weighted by Crippen LogP contribution is 2.28. The van der Waals surface area contributed by atoms with Gasteiger partial charge in [-0.3, -0.25) is 24.3 Å². The maximum atomic E-state index is 5.99. The predicted octanol–water partition coefficient (Wildman–Crippen LogP) is 7.24. The van der Waals surface area contributed by atoms with Crippen molar-refractivity contribution in [3.63, 3.8) is 0 Å². The number of pyridine rings is 5. The van der Waals surface area contributed by atoms with E-state index < -0.39 is 0 Å². The van der Waals surface area contributed by atoms with Gasteiger partial charge < -0.3 is 4.74 Å². The van der Waals surface area contributed by atoms with E-state index in [9.17, 15) is 0 Å². The molecule has 0 aliphatic carbocycles. The Morgan fingerprint density at radius 1 is 0.727 bits per heavy atom. The molecule has 7 heterocycles.